The zero-order chi connectivity index (χ0) is 13.5. The number of hydrogen-bond acceptors (Lipinski definition) is 4. The van der Waals surface area contributed by atoms with Gasteiger partial charge in [0.2, 0.25) is 0 Å². The number of nitrogens with zero attached hydrogens (tertiary/aromatic N) is 3. The smallest absolute Gasteiger partial charge is 0.298 e. The molecule has 2 aliphatic heterocycles. The molecule has 20 heavy (non-hydrogen) atoms. The van der Waals surface area contributed by atoms with Gasteiger partial charge in [-0.15, -0.1) is 0 Å². The van der Waals surface area contributed by atoms with Crippen LogP contribution < -0.4 is 4.90 Å². The summed E-state index contributed by atoms with van der Waals surface area (Å²) in [6, 6.07) is 9.47. The van der Waals surface area contributed by atoms with Gasteiger partial charge in [-0.25, -0.2) is 0 Å². The van der Waals surface area contributed by atoms with E-state index in [0.29, 0.717) is 6.04 Å². The highest BCUT2D eigenvalue weighted by atomic mass is 16.4. The quantitative estimate of drug-likeness (QED) is 0.798. The molecule has 2 aliphatic rings. The SMILES string of the molecule is CN1C[C@@H]2CCC[C@H]1CN(c1nc3ccccc3o1)C2. The zero-order valence-electron chi connectivity index (χ0n) is 12.0. The van der Waals surface area contributed by atoms with E-state index in [1.54, 1.807) is 0 Å². The minimum Gasteiger partial charge on any atom is -0.423 e. The van der Waals surface area contributed by atoms with Gasteiger partial charge in [-0.05, 0) is 37.9 Å². The lowest BCUT2D eigenvalue weighted by molar-refractivity contribution is 0.248. The topological polar surface area (TPSA) is 32.5 Å². The highest BCUT2D eigenvalue weighted by molar-refractivity contribution is 5.74. The number of likely N-dealkylation sites (N-methyl/N-ethyl adjacent to an activating group) is 1. The summed E-state index contributed by atoms with van der Waals surface area (Å²) in [6.45, 7) is 3.33. The predicted octanol–water partition coefficient (Wildman–Crippen LogP) is 2.75. The molecule has 2 fully saturated rings. The van der Waals surface area contributed by atoms with Gasteiger partial charge in [-0.3, -0.25) is 0 Å². The second-order valence-corrected chi connectivity index (χ2v) is 6.26. The number of rotatable bonds is 1. The van der Waals surface area contributed by atoms with Gasteiger partial charge in [0.25, 0.3) is 6.01 Å². The highest BCUT2D eigenvalue weighted by Gasteiger charge is 2.32. The van der Waals surface area contributed by atoms with Crippen LogP contribution in [0.1, 0.15) is 19.3 Å². The van der Waals surface area contributed by atoms with Gasteiger partial charge in [0.05, 0.1) is 0 Å². The van der Waals surface area contributed by atoms with Crippen LogP contribution in [-0.2, 0) is 0 Å². The Kier molecular flexibility index (Phi) is 2.91. The molecule has 1 aromatic carbocycles. The number of hydrogen-bond donors (Lipinski definition) is 0. The van der Waals surface area contributed by atoms with Crippen molar-refractivity contribution in [3.8, 4) is 0 Å². The Labute approximate surface area is 119 Å². The zero-order valence-corrected chi connectivity index (χ0v) is 12.0. The van der Waals surface area contributed by atoms with Crippen LogP contribution in [0.5, 0.6) is 0 Å². The van der Waals surface area contributed by atoms with Crippen molar-refractivity contribution in [1.82, 2.24) is 9.88 Å². The van der Waals surface area contributed by atoms with Crippen LogP contribution in [0, 0.1) is 5.92 Å². The molecule has 0 saturated carbocycles. The average Bonchev–Trinajstić information content (AvgIpc) is 2.69. The van der Waals surface area contributed by atoms with Crippen molar-refractivity contribution in [2.24, 2.45) is 5.92 Å². The standard InChI is InChI=1S/C16H21N3O/c1-18-9-12-5-4-6-13(18)11-19(10-12)16-17-14-7-2-3-8-15(14)20-16/h2-3,7-8,12-13H,4-6,9-11H2,1H3/t12-,13-/m0/s1. The van der Waals surface area contributed by atoms with E-state index in [1.807, 2.05) is 24.3 Å². The molecule has 4 rings (SSSR count). The minimum atomic E-state index is 0.637. The van der Waals surface area contributed by atoms with E-state index in [9.17, 15) is 0 Å². The molecule has 2 saturated heterocycles. The fourth-order valence-electron chi connectivity index (χ4n) is 3.68. The van der Waals surface area contributed by atoms with Crippen molar-refractivity contribution in [3.05, 3.63) is 24.3 Å². The van der Waals surface area contributed by atoms with E-state index in [2.05, 4.69) is 21.8 Å². The molecule has 4 heteroatoms. The fourth-order valence-corrected chi connectivity index (χ4v) is 3.68. The molecular formula is C16H21N3O. The first-order chi connectivity index (χ1) is 9.79. The molecule has 2 atom stereocenters. The normalized spacial score (nSPS) is 27.8. The van der Waals surface area contributed by atoms with Gasteiger partial charge in [-0.1, -0.05) is 18.6 Å². The van der Waals surface area contributed by atoms with Gasteiger partial charge in [0, 0.05) is 25.7 Å². The van der Waals surface area contributed by atoms with Gasteiger partial charge in [-0.2, -0.15) is 4.98 Å². The molecule has 0 amide bonds. The maximum Gasteiger partial charge on any atom is 0.298 e. The molecule has 1 aromatic heterocycles. The molecule has 0 unspecified atom stereocenters. The van der Waals surface area contributed by atoms with E-state index in [4.69, 9.17) is 4.42 Å². The Balaban J connectivity index is 1.67. The van der Waals surface area contributed by atoms with Crippen LogP contribution in [0.3, 0.4) is 0 Å². The molecule has 0 spiro atoms. The average molecular weight is 271 g/mol. The van der Waals surface area contributed by atoms with Gasteiger partial charge in [0.1, 0.15) is 5.52 Å². The first-order valence-electron chi connectivity index (χ1n) is 7.60. The highest BCUT2D eigenvalue weighted by Crippen LogP contribution is 2.30. The summed E-state index contributed by atoms with van der Waals surface area (Å²) in [5.41, 5.74) is 1.86. The third-order valence-corrected chi connectivity index (χ3v) is 4.78. The third-order valence-electron chi connectivity index (χ3n) is 4.78. The lowest BCUT2D eigenvalue weighted by Crippen LogP contribution is -2.39. The molecule has 106 valence electrons. The second kappa shape index (κ2) is 4.77. The van der Waals surface area contributed by atoms with E-state index >= 15 is 0 Å². The largest absolute Gasteiger partial charge is 0.423 e. The van der Waals surface area contributed by atoms with Crippen molar-refractivity contribution in [2.45, 2.75) is 25.3 Å². The van der Waals surface area contributed by atoms with Crippen LogP contribution in [0.4, 0.5) is 6.01 Å². The van der Waals surface area contributed by atoms with Crippen LogP contribution in [0.2, 0.25) is 0 Å². The number of aromatic nitrogens is 1. The van der Waals surface area contributed by atoms with E-state index < -0.39 is 0 Å². The van der Waals surface area contributed by atoms with Crippen LogP contribution in [-0.4, -0.2) is 42.6 Å². The molecule has 2 bridgehead atoms. The summed E-state index contributed by atoms with van der Waals surface area (Å²) in [4.78, 5) is 9.56. The van der Waals surface area contributed by atoms with E-state index in [0.717, 1.165) is 36.1 Å². The monoisotopic (exact) mass is 271 g/mol. The molecule has 0 radical (unpaired) electrons. The Morgan fingerprint density at radius 2 is 2.05 bits per heavy atom. The molecule has 0 aliphatic carbocycles. The molecule has 4 nitrogen and oxygen atoms in total. The summed E-state index contributed by atoms with van der Waals surface area (Å²) < 4.78 is 5.96. The number of anilines is 1. The van der Waals surface area contributed by atoms with E-state index in [1.165, 1.54) is 25.8 Å². The Hall–Kier alpha value is -1.55. The molecular weight excluding hydrogens is 250 g/mol. The first kappa shape index (κ1) is 12.2. The van der Waals surface area contributed by atoms with Crippen LogP contribution >= 0.6 is 0 Å². The summed E-state index contributed by atoms with van der Waals surface area (Å²) in [7, 11) is 2.26. The first-order valence-corrected chi connectivity index (χ1v) is 7.60. The third kappa shape index (κ3) is 2.08. The summed E-state index contributed by atoms with van der Waals surface area (Å²) in [6.07, 6.45) is 3.99. The minimum absolute atomic E-state index is 0.637. The molecule has 3 heterocycles. The maximum atomic E-state index is 5.96. The Bertz CT molecular complexity index is 576. The lowest BCUT2D eigenvalue weighted by Gasteiger charge is -2.28. The number of benzene rings is 1. The van der Waals surface area contributed by atoms with Crippen molar-refractivity contribution in [3.63, 3.8) is 0 Å². The predicted molar refractivity (Wildman–Crippen MR) is 80.0 cm³/mol. The van der Waals surface area contributed by atoms with Gasteiger partial charge in [0.15, 0.2) is 5.58 Å². The summed E-state index contributed by atoms with van der Waals surface area (Å²) in [5.74, 6) is 0.738. The Morgan fingerprint density at radius 3 is 2.95 bits per heavy atom. The van der Waals surface area contributed by atoms with Crippen molar-refractivity contribution >= 4 is 17.1 Å². The van der Waals surface area contributed by atoms with Crippen molar-refractivity contribution in [2.75, 3.05) is 31.6 Å². The fraction of sp³-hybridized carbons (Fsp3) is 0.562. The summed E-state index contributed by atoms with van der Waals surface area (Å²) >= 11 is 0. The Morgan fingerprint density at radius 1 is 1.15 bits per heavy atom. The molecule has 2 aromatic rings. The molecule has 0 N–H and O–H groups in total. The van der Waals surface area contributed by atoms with Gasteiger partial charge >= 0.3 is 0 Å². The van der Waals surface area contributed by atoms with Crippen LogP contribution in [0.25, 0.3) is 11.1 Å². The second-order valence-electron chi connectivity index (χ2n) is 6.26. The summed E-state index contributed by atoms with van der Waals surface area (Å²) in [5, 5.41) is 0. The lowest BCUT2D eigenvalue weighted by atomic mass is 10.0. The number of para-hydroxylation sites is 2. The maximum absolute atomic E-state index is 5.96. The van der Waals surface area contributed by atoms with E-state index in [-0.39, 0.29) is 0 Å². The van der Waals surface area contributed by atoms with Crippen molar-refractivity contribution in [1.29, 1.82) is 0 Å². The number of oxazole rings is 1. The van der Waals surface area contributed by atoms with Gasteiger partial charge < -0.3 is 14.2 Å². The van der Waals surface area contributed by atoms with Crippen molar-refractivity contribution < 1.29 is 4.42 Å². The number of fused-ring (bicyclic) bond motifs is 4. The van der Waals surface area contributed by atoms with Crippen LogP contribution in [0.15, 0.2) is 28.7 Å².